The molecule has 1 saturated heterocycles. The zero-order chi connectivity index (χ0) is 23.8. The van der Waals surface area contributed by atoms with Crippen molar-refractivity contribution in [3.8, 4) is 0 Å². The van der Waals surface area contributed by atoms with Gasteiger partial charge in [0.1, 0.15) is 6.04 Å². The molecule has 2 atom stereocenters. The van der Waals surface area contributed by atoms with Gasteiger partial charge in [-0.25, -0.2) is 0 Å². The van der Waals surface area contributed by atoms with Gasteiger partial charge in [0.05, 0.1) is 5.37 Å². The molecule has 2 aromatic carbocycles. The van der Waals surface area contributed by atoms with Crippen LogP contribution >= 0.6 is 11.8 Å². The second-order valence-electron chi connectivity index (χ2n) is 10.9. The van der Waals surface area contributed by atoms with Crippen LogP contribution in [0.15, 0.2) is 42.5 Å². The van der Waals surface area contributed by atoms with Crippen molar-refractivity contribution in [2.75, 3.05) is 11.1 Å². The summed E-state index contributed by atoms with van der Waals surface area (Å²) in [6.07, 6.45) is 0. The summed E-state index contributed by atoms with van der Waals surface area (Å²) in [5.41, 5.74) is 4.75. The lowest BCUT2D eigenvalue weighted by Gasteiger charge is -2.36. The van der Waals surface area contributed by atoms with Crippen LogP contribution in [0.25, 0.3) is 0 Å². The van der Waals surface area contributed by atoms with Crippen molar-refractivity contribution in [3.05, 3.63) is 64.7 Å². The molecule has 1 fully saturated rings. The van der Waals surface area contributed by atoms with Crippen molar-refractivity contribution in [3.63, 3.8) is 0 Å². The lowest BCUT2D eigenvalue weighted by Crippen LogP contribution is -2.51. The van der Waals surface area contributed by atoms with Crippen molar-refractivity contribution >= 4 is 29.3 Å². The summed E-state index contributed by atoms with van der Waals surface area (Å²) in [5, 5.41) is 2.97. The number of nitrogens with zero attached hydrogens (tertiary/aromatic N) is 1. The first-order chi connectivity index (χ1) is 14.8. The number of hydrogen-bond donors (Lipinski definition) is 1. The van der Waals surface area contributed by atoms with Gasteiger partial charge in [-0.3, -0.25) is 9.59 Å². The average molecular weight is 453 g/mol. The minimum atomic E-state index is -0.513. The van der Waals surface area contributed by atoms with E-state index >= 15 is 0 Å². The molecule has 0 saturated carbocycles. The maximum absolute atomic E-state index is 13.7. The van der Waals surface area contributed by atoms with Crippen LogP contribution in [-0.2, 0) is 10.2 Å². The highest BCUT2D eigenvalue weighted by atomic mass is 32.2. The Morgan fingerprint density at radius 2 is 1.56 bits per heavy atom. The highest BCUT2D eigenvalue weighted by molar-refractivity contribution is 8.00. The number of anilines is 1. The minimum Gasteiger partial charge on any atom is -0.324 e. The molecule has 172 valence electrons. The first-order valence-corrected chi connectivity index (χ1v) is 12.3. The molecule has 1 heterocycles. The van der Waals surface area contributed by atoms with E-state index in [-0.39, 0.29) is 28.0 Å². The number of hydrogen-bond acceptors (Lipinski definition) is 3. The van der Waals surface area contributed by atoms with Crippen LogP contribution in [0.1, 0.15) is 68.6 Å². The van der Waals surface area contributed by atoms with Gasteiger partial charge in [-0.1, -0.05) is 59.7 Å². The van der Waals surface area contributed by atoms with Crippen LogP contribution in [-0.4, -0.2) is 33.9 Å². The van der Waals surface area contributed by atoms with Gasteiger partial charge in [-0.05, 0) is 65.6 Å². The van der Waals surface area contributed by atoms with Gasteiger partial charge in [0.2, 0.25) is 5.91 Å². The zero-order valence-electron chi connectivity index (χ0n) is 20.6. The minimum absolute atomic E-state index is 0.0214. The number of carbonyl (C=O) groups excluding carboxylic acids is 2. The maximum Gasteiger partial charge on any atom is 0.255 e. The van der Waals surface area contributed by atoms with Gasteiger partial charge in [0.15, 0.2) is 0 Å². The molecule has 1 N–H and O–H groups in total. The Morgan fingerprint density at radius 1 is 0.938 bits per heavy atom. The van der Waals surface area contributed by atoms with Gasteiger partial charge in [-0.15, -0.1) is 11.8 Å². The molecular weight excluding hydrogens is 416 g/mol. The lowest BCUT2D eigenvalue weighted by molar-refractivity contribution is -0.120. The molecule has 32 heavy (non-hydrogen) atoms. The van der Waals surface area contributed by atoms with Gasteiger partial charge in [-0.2, -0.15) is 0 Å². The van der Waals surface area contributed by atoms with Crippen molar-refractivity contribution in [2.45, 2.75) is 72.2 Å². The molecule has 0 radical (unpaired) electrons. The summed E-state index contributed by atoms with van der Waals surface area (Å²) in [5.74, 6) is 0.368. The molecule has 2 amide bonds. The Morgan fingerprint density at radius 3 is 2.09 bits per heavy atom. The van der Waals surface area contributed by atoms with Gasteiger partial charge >= 0.3 is 0 Å². The van der Waals surface area contributed by atoms with E-state index in [1.165, 1.54) is 11.1 Å². The summed E-state index contributed by atoms with van der Waals surface area (Å²) in [4.78, 5) is 28.8. The van der Waals surface area contributed by atoms with E-state index in [4.69, 9.17) is 0 Å². The molecule has 0 aromatic heterocycles. The smallest absolute Gasteiger partial charge is 0.255 e. The van der Waals surface area contributed by atoms with Crippen LogP contribution in [0.4, 0.5) is 5.69 Å². The molecule has 0 spiro atoms. The first-order valence-electron chi connectivity index (χ1n) is 11.2. The fraction of sp³-hybridized carbons (Fsp3) is 0.481. The Labute approximate surface area is 197 Å². The molecule has 0 aliphatic carbocycles. The number of rotatable bonds is 3. The fourth-order valence-electron chi connectivity index (χ4n) is 3.93. The number of nitrogens with one attached hydrogen (secondary N) is 1. The second-order valence-corrected chi connectivity index (χ2v) is 12.0. The fourth-order valence-corrected chi connectivity index (χ4v) is 5.51. The number of amides is 2. The predicted molar refractivity (Wildman–Crippen MR) is 135 cm³/mol. The summed E-state index contributed by atoms with van der Waals surface area (Å²) >= 11 is 1.68. The van der Waals surface area contributed by atoms with E-state index in [0.717, 1.165) is 11.3 Å². The summed E-state index contributed by atoms with van der Waals surface area (Å²) < 4.78 is 0. The second kappa shape index (κ2) is 8.93. The highest BCUT2D eigenvalue weighted by Crippen LogP contribution is 2.41. The standard InChI is InChI=1S/C27H36N2O2S/c1-17-9-14-21(15-18(17)2)28-23(30)22-16-32-25(27(6,7)8)29(22)24(31)19-10-12-20(13-11-19)26(3,4)5/h9-15,22,25H,16H2,1-8H3,(H,28,30). The van der Waals surface area contributed by atoms with Crippen LogP contribution in [0.5, 0.6) is 0 Å². The third-order valence-electron chi connectivity index (χ3n) is 6.05. The molecule has 4 nitrogen and oxygen atoms in total. The Bertz CT molecular complexity index is 1000. The molecule has 1 aliphatic rings. The third-order valence-corrected chi connectivity index (χ3v) is 7.81. The van der Waals surface area contributed by atoms with Crippen LogP contribution in [0.2, 0.25) is 0 Å². The number of benzene rings is 2. The van der Waals surface area contributed by atoms with Crippen molar-refractivity contribution in [1.82, 2.24) is 4.90 Å². The Hall–Kier alpha value is -2.27. The van der Waals surface area contributed by atoms with Crippen molar-refractivity contribution in [1.29, 1.82) is 0 Å². The van der Waals surface area contributed by atoms with E-state index in [1.54, 1.807) is 16.7 Å². The highest BCUT2D eigenvalue weighted by Gasteiger charge is 2.46. The number of carbonyl (C=O) groups is 2. The quantitative estimate of drug-likeness (QED) is 0.606. The van der Waals surface area contributed by atoms with Gasteiger partial charge in [0, 0.05) is 17.0 Å². The molecule has 1 aliphatic heterocycles. The molecule has 2 unspecified atom stereocenters. The number of thioether (sulfide) groups is 1. The predicted octanol–water partition coefficient (Wildman–Crippen LogP) is 6.17. The molecule has 3 rings (SSSR count). The maximum atomic E-state index is 13.7. The summed E-state index contributed by atoms with van der Waals surface area (Å²) in [7, 11) is 0. The Balaban J connectivity index is 1.89. The van der Waals surface area contributed by atoms with Gasteiger partial charge < -0.3 is 10.2 Å². The van der Waals surface area contributed by atoms with Gasteiger partial charge in [0.25, 0.3) is 5.91 Å². The molecular formula is C27H36N2O2S. The zero-order valence-corrected chi connectivity index (χ0v) is 21.4. The molecule has 2 aromatic rings. The normalized spacial score (nSPS) is 19.2. The van der Waals surface area contributed by atoms with Crippen molar-refractivity contribution in [2.24, 2.45) is 5.41 Å². The van der Waals surface area contributed by atoms with E-state index in [1.807, 2.05) is 56.3 Å². The van der Waals surface area contributed by atoms with Crippen LogP contribution in [0, 0.1) is 19.3 Å². The number of aryl methyl sites for hydroxylation is 2. The topological polar surface area (TPSA) is 49.4 Å². The monoisotopic (exact) mass is 452 g/mol. The van der Waals surface area contributed by atoms with E-state index in [0.29, 0.717) is 11.3 Å². The largest absolute Gasteiger partial charge is 0.324 e. The van der Waals surface area contributed by atoms with E-state index in [9.17, 15) is 9.59 Å². The van der Waals surface area contributed by atoms with E-state index < -0.39 is 6.04 Å². The summed E-state index contributed by atoms with van der Waals surface area (Å²) in [6, 6.07) is 13.2. The van der Waals surface area contributed by atoms with E-state index in [2.05, 4.69) is 46.9 Å². The SMILES string of the molecule is Cc1ccc(NC(=O)C2CSC(C(C)(C)C)N2C(=O)c2ccc(C(C)(C)C)cc2)cc1C. The molecule has 0 bridgehead atoms. The lowest BCUT2D eigenvalue weighted by atomic mass is 9.86. The first kappa shape index (κ1) is 24.4. The summed E-state index contributed by atoms with van der Waals surface area (Å²) in [6.45, 7) is 16.9. The third kappa shape index (κ3) is 5.20. The van der Waals surface area contributed by atoms with Crippen LogP contribution in [0.3, 0.4) is 0 Å². The van der Waals surface area contributed by atoms with Crippen molar-refractivity contribution < 1.29 is 9.59 Å². The van der Waals surface area contributed by atoms with Crippen LogP contribution < -0.4 is 5.32 Å². The average Bonchev–Trinajstić information content (AvgIpc) is 3.15. The Kier molecular flexibility index (Phi) is 6.80. The molecule has 5 heteroatoms.